The predicted octanol–water partition coefficient (Wildman–Crippen LogP) is 2.71. The molecule has 0 atom stereocenters. The number of anilines is 1. The quantitative estimate of drug-likeness (QED) is 0.674. The van der Waals surface area contributed by atoms with Gasteiger partial charge in [-0.2, -0.15) is 0 Å². The summed E-state index contributed by atoms with van der Waals surface area (Å²) in [7, 11) is -2.48. The monoisotopic (exact) mass is 322 g/mol. The van der Waals surface area contributed by atoms with E-state index in [4.69, 9.17) is 4.74 Å². The molecule has 0 aromatic heterocycles. The first-order chi connectivity index (χ1) is 10.3. The Morgan fingerprint density at radius 1 is 1.18 bits per heavy atom. The summed E-state index contributed by atoms with van der Waals surface area (Å²) in [4.78, 5) is 10.5. The molecule has 0 unspecified atom stereocenters. The fraction of sp³-hybridized carbons (Fsp3) is 0.143. The first kappa shape index (κ1) is 15.8. The average molecular weight is 322 g/mol. The first-order valence-corrected chi connectivity index (χ1v) is 7.74. The van der Waals surface area contributed by atoms with Gasteiger partial charge in [-0.05, 0) is 25.1 Å². The Kier molecular flexibility index (Phi) is 4.32. The number of sulfonamides is 1. The molecule has 0 spiro atoms. The molecule has 0 radical (unpaired) electrons. The third kappa shape index (κ3) is 3.17. The van der Waals surface area contributed by atoms with Crippen LogP contribution in [0.3, 0.4) is 0 Å². The second-order valence-electron chi connectivity index (χ2n) is 4.51. The van der Waals surface area contributed by atoms with E-state index in [1.807, 2.05) is 0 Å². The van der Waals surface area contributed by atoms with Crippen LogP contribution in [0.2, 0.25) is 0 Å². The third-order valence-corrected chi connectivity index (χ3v) is 4.39. The lowest BCUT2D eigenvalue weighted by Crippen LogP contribution is -2.14. The lowest BCUT2D eigenvalue weighted by Gasteiger charge is -2.12. The van der Waals surface area contributed by atoms with Crippen molar-refractivity contribution in [2.75, 3.05) is 11.8 Å². The SMILES string of the molecule is COc1cc([N+](=O)[O-])c(C)cc1NS(=O)(=O)c1ccccc1. The molecule has 1 N–H and O–H groups in total. The van der Waals surface area contributed by atoms with Gasteiger partial charge in [0.15, 0.2) is 0 Å². The molecule has 0 saturated carbocycles. The van der Waals surface area contributed by atoms with Gasteiger partial charge in [0.05, 0.1) is 28.7 Å². The van der Waals surface area contributed by atoms with E-state index in [0.29, 0.717) is 5.56 Å². The van der Waals surface area contributed by atoms with Crippen LogP contribution in [-0.2, 0) is 10.0 Å². The summed E-state index contributed by atoms with van der Waals surface area (Å²) in [6.45, 7) is 1.53. The standard InChI is InChI=1S/C14H14N2O5S/c1-10-8-12(14(21-2)9-13(10)16(17)18)15-22(19,20)11-6-4-3-5-7-11/h3-9,15H,1-2H3. The molecule has 0 amide bonds. The maximum Gasteiger partial charge on any atom is 0.276 e. The molecule has 8 heteroatoms. The Morgan fingerprint density at radius 3 is 2.36 bits per heavy atom. The highest BCUT2D eigenvalue weighted by Gasteiger charge is 2.20. The van der Waals surface area contributed by atoms with Gasteiger partial charge in [0, 0.05) is 5.56 Å². The molecule has 0 aliphatic rings. The van der Waals surface area contributed by atoms with Crippen molar-refractivity contribution >= 4 is 21.4 Å². The zero-order valence-corrected chi connectivity index (χ0v) is 12.8. The van der Waals surface area contributed by atoms with E-state index < -0.39 is 14.9 Å². The van der Waals surface area contributed by atoms with Crippen molar-refractivity contribution in [2.45, 2.75) is 11.8 Å². The number of hydrogen-bond acceptors (Lipinski definition) is 5. The third-order valence-electron chi connectivity index (χ3n) is 3.01. The molecule has 0 aliphatic carbocycles. The number of nitro groups is 1. The second-order valence-corrected chi connectivity index (χ2v) is 6.20. The molecular formula is C14H14N2O5S. The van der Waals surface area contributed by atoms with Gasteiger partial charge in [0.1, 0.15) is 5.75 Å². The minimum absolute atomic E-state index is 0.0804. The van der Waals surface area contributed by atoms with Crippen LogP contribution in [0, 0.1) is 17.0 Å². The zero-order valence-electron chi connectivity index (χ0n) is 11.9. The number of aryl methyl sites for hydroxylation is 1. The fourth-order valence-corrected chi connectivity index (χ4v) is 3.01. The van der Waals surface area contributed by atoms with E-state index in [1.54, 1.807) is 18.2 Å². The van der Waals surface area contributed by atoms with E-state index in [-0.39, 0.29) is 22.0 Å². The molecule has 2 aromatic carbocycles. The van der Waals surface area contributed by atoms with E-state index in [2.05, 4.69) is 4.72 Å². The number of nitrogens with one attached hydrogen (secondary N) is 1. The minimum Gasteiger partial charge on any atom is -0.494 e. The van der Waals surface area contributed by atoms with Crippen molar-refractivity contribution in [3.63, 3.8) is 0 Å². The molecule has 2 aromatic rings. The molecular weight excluding hydrogens is 308 g/mol. The van der Waals surface area contributed by atoms with Crippen molar-refractivity contribution in [1.29, 1.82) is 0 Å². The Balaban J connectivity index is 2.46. The van der Waals surface area contributed by atoms with E-state index >= 15 is 0 Å². The second kappa shape index (κ2) is 6.02. The van der Waals surface area contributed by atoms with Crippen LogP contribution in [0.25, 0.3) is 0 Å². The smallest absolute Gasteiger partial charge is 0.276 e. The van der Waals surface area contributed by atoms with E-state index in [0.717, 1.165) is 0 Å². The molecule has 0 bridgehead atoms. The van der Waals surface area contributed by atoms with Gasteiger partial charge in [-0.15, -0.1) is 0 Å². The van der Waals surface area contributed by atoms with Crippen LogP contribution in [0.1, 0.15) is 5.56 Å². The number of ether oxygens (including phenoxy) is 1. The molecule has 0 fully saturated rings. The summed E-state index contributed by atoms with van der Waals surface area (Å²) in [5.74, 6) is 0.0804. The van der Waals surface area contributed by atoms with E-state index in [9.17, 15) is 18.5 Å². The molecule has 22 heavy (non-hydrogen) atoms. The van der Waals surface area contributed by atoms with Crippen molar-refractivity contribution in [1.82, 2.24) is 0 Å². The lowest BCUT2D eigenvalue weighted by atomic mass is 10.1. The summed E-state index contributed by atoms with van der Waals surface area (Å²) in [5.41, 5.74) is 0.338. The molecule has 0 heterocycles. The van der Waals surface area contributed by atoms with Crippen molar-refractivity contribution in [2.24, 2.45) is 0 Å². The summed E-state index contributed by atoms with van der Waals surface area (Å²) in [6.07, 6.45) is 0. The topological polar surface area (TPSA) is 98.5 Å². The summed E-state index contributed by atoms with van der Waals surface area (Å²) in [6, 6.07) is 10.4. The normalized spacial score (nSPS) is 11.0. The predicted molar refractivity (Wildman–Crippen MR) is 81.6 cm³/mol. The molecule has 0 saturated heterocycles. The number of rotatable bonds is 5. The first-order valence-electron chi connectivity index (χ1n) is 6.26. The fourth-order valence-electron chi connectivity index (χ4n) is 1.93. The lowest BCUT2D eigenvalue weighted by molar-refractivity contribution is -0.385. The Hall–Kier alpha value is -2.61. The summed E-state index contributed by atoms with van der Waals surface area (Å²) < 4.78 is 32.0. The highest BCUT2D eigenvalue weighted by molar-refractivity contribution is 7.92. The van der Waals surface area contributed by atoms with Gasteiger partial charge in [0.2, 0.25) is 0 Å². The number of nitrogens with zero attached hydrogens (tertiary/aromatic N) is 1. The van der Waals surface area contributed by atoms with Gasteiger partial charge in [-0.3, -0.25) is 14.8 Å². The van der Waals surface area contributed by atoms with Crippen molar-refractivity contribution < 1.29 is 18.1 Å². The van der Waals surface area contributed by atoms with E-state index in [1.165, 1.54) is 38.3 Å². The molecule has 2 rings (SSSR count). The number of methoxy groups -OCH3 is 1. The van der Waals surface area contributed by atoms with Crippen LogP contribution in [0.4, 0.5) is 11.4 Å². The van der Waals surface area contributed by atoms with Gasteiger partial charge < -0.3 is 4.74 Å². The molecule has 7 nitrogen and oxygen atoms in total. The van der Waals surface area contributed by atoms with Gasteiger partial charge in [0.25, 0.3) is 15.7 Å². The van der Waals surface area contributed by atoms with Gasteiger partial charge in [-0.1, -0.05) is 18.2 Å². The van der Waals surface area contributed by atoms with Crippen LogP contribution in [0.15, 0.2) is 47.4 Å². The summed E-state index contributed by atoms with van der Waals surface area (Å²) >= 11 is 0. The Bertz CT molecular complexity index is 803. The Labute approximate surface area is 127 Å². The number of hydrogen-bond donors (Lipinski definition) is 1. The molecule has 116 valence electrons. The maximum atomic E-state index is 12.3. The highest BCUT2D eigenvalue weighted by Crippen LogP contribution is 2.33. The van der Waals surface area contributed by atoms with Crippen LogP contribution in [0.5, 0.6) is 5.75 Å². The number of nitro benzene ring substituents is 1. The van der Waals surface area contributed by atoms with Crippen LogP contribution in [-0.4, -0.2) is 20.5 Å². The number of benzene rings is 2. The van der Waals surface area contributed by atoms with Crippen molar-refractivity contribution in [3.05, 3.63) is 58.1 Å². The van der Waals surface area contributed by atoms with Gasteiger partial charge in [-0.25, -0.2) is 8.42 Å². The van der Waals surface area contributed by atoms with Crippen LogP contribution >= 0.6 is 0 Å². The minimum atomic E-state index is -3.80. The van der Waals surface area contributed by atoms with Crippen LogP contribution < -0.4 is 9.46 Å². The summed E-state index contributed by atoms with van der Waals surface area (Å²) in [5, 5.41) is 10.9. The van der Waals surface area contributed by atoms with Gasteiger partial charge >= 0.3 is 0 Å². The Morgan fingerprint density at radius 2 is 1.82 bits per heavy atom. The average Bonchev–Trinajstić information content (AvgIpc) is 2.47. The highest BCUT2D eigenvalue weighted by atomic mass is 32.2. The van der Waals surface area contributed by atoms with Crippen molar-refractivity contribution in [3.8, 4) is 5.75 Å². The zero-order chi connectivity index (χ0) is 16.3. The maximum absolute atomic E-state index is 12.3. The molecule has 0 aliphatic heterocycles. The largest absolute Gasteiger partial charge is 0.494 e.